The van der Waals surface area contributed by atoms with Gasteiger partial charge in [0.1, 0.15) is 17.5 Å². The summed E-state index contributed by atoms with van der Waals surface area (Å²) in [5.74, 6) is 0.998. The number of nitrogens with one attached hydrogen (secondary N) is 1. The van der Waals surface area contributed by atoms with Crippen LogP contribution >= 0.6 is 0 Å². The summed E-state index contributed by atoms with van der Waals surface area (Å²) < 4.78 is 10.5. The summed E-state index contributed by atoms with van der Waals surface area (Å²) in [4.78, 5) is 40.4. The Bertz CT molecular complexity index is 905. The molecule has 0 unspecified atom stereocenters. The van der Waals surface area contributed by atoms with Crippen molar-refractivity contribution in [3.8, 4) is 11.5 Å². The lowest BCUT2D eigenvalue weighted by Crippen LogP contribution is -2.46. The van der Waals surface area contributed by atoms with E-state index in [-0.39, 0.29) is 35.5 Å². The molecule has 2 bridgehead atoms. The zero-order chi connectivity index (χ0) is 20.4. The van der Waals surface area contributed by atoms with Gasteiger partial charge in [0.2, 0.25) is 17.7 Å². The fourth-order valence-electron chi connectivity index (χ4n) is 5.62. The Hall–Kier alpha value is -2.83. The fraction of sp³-hybridized carbons (Fsp3) is 0.500. The molecule has 2 saturated carbocycles. The van der Waals surface area contributed by atoms with Gasteiger partial charge in [0.05, 0.1) is 31.7 Å². The summed E-state index contributed by atoms with van der Waals surface area (Å²) in [5, 5.41) is 2.79. The van der Waals surface area contributed by atoms with Gasteiger partial charge >= 0.3 is 0 Å². The van der Waals surface area contributed by atoms with Crippen molar-refractivity contribution >= 4 is 23.4 Å². The summed E-state index contributed by atoms with van der Waals surface area (Å²) in [6.07, 6.45) is 5.37. The third kappa shape index (κ3) is 2.52. The molecular formula is C22H24N2O5. The molecule has 1 heterocycles. The molecule has 0 radical (unpaired) electrons. The lowest BCUT2D eigenvalue weighted by Gasteiger charge is -2.37. The topological polar surface area (TPSA) is 84.9 Å². The van der Waals surface area contributed by atoms with E-state index in [9.17, 15) is 14.4 Å². The number of nitrogens with zero attached hydrogens (tertiary/aromatic N) is 1. The molecule has 7 atom stereocenters. The van der Waals surface area contributed by atoms with Crippen LogP contribution in [-0.4, -0.2) is 42.9 Å². The Morgan fingerprint density at radius 3 is 2.24 bits per heavy atom. The van der Waals surface area contributed by atoms with Crippen molar-refractivity contribution in [1.29, 1.82) is 0 Å². The normalized spacial score (nSPS) is 34.5. The van der Waals surface area contributed by atoms with E-state index in [1.165, 1.54) is 12.0 Å². The van der Waals surface area contributed by atoms with E-state index < -0.39 is 11.9 Å². The van der Waals surface area contributed by atoms with Gasteiger partial charge in [-0.05, 0) is 49.1 Å². The van der Waals surface area contributed by atoms with Crippen LogP contribution in [-0.2, 0) is 14.4 Å². The van der Waals surface area contributed by atoms with Crippen molar-refractivity contribution in [3.63, 3.8) is 0 Å². The summed E-state index contributed by atoms with van der Waals surface area (Å²) >= 11 is 0. The van der Waals surface area contributed by atoms with Gasteiger partial charge in [-0.2, -0.15) is 0 Å². The zero-order valence-electron chi connectivity index (χ0n) is 16.6. The standard InChI is InChI=1S/C22H24N2O5/c1-10(20(25)23-16-7-4-11(28-2)8-17(16)29-3)24-21(26)18-12-5-6-13(15-9-14(12)15)19(18)22(24)27/h4-8,10,12-15,18-19H,9H2,1-3H3,(H,23,25)/t10-,12+,13+,14+,15+,18-,19+/m0/s1. The molecule has 5 aliphatic rings. The van der Waals surface area contributed by atoms with Gasteiger partial charge in [0, 0.05) is 6.07 Å². The average molecular weight is 396 g/mol. The number of anilines is 1. The molecule has 0 aromatic heterocycles. The minimum absolute atomic E-state index is 0.147. The van der Waals surface area contributed by atoms with Crippen LogP contribution in [0.15, 0.2) is 30.4 Å². The van der Waals surface area contributed by atoms with Crippen LogP contribution in [0.3, 0.4) is 0 Å². The maximum Gasteiger partial charge on any atom is 0.247 e. The molecule has 4 aliphatic carbocycles. The van der Waals surface area contributed by atoms with E-state index in [2.05, 4.69) is 17.5 Å². The molecule has 1 aromatic carbocycles. The molecule has 29 heavy (non-hydrogen) atoms. The van der Waals surface area contributed by atoms with E-state index in [0.717, 1.165) is 6.42 Å². The molecule has 6 rings (SSSR count). The second-order valence-electron chi connectivity index (χ2n) is 8.43. The van der Waals surface area contributed by atoms with Crippen molar-refractivity contribution in [2.45, 2.75) is 19.4 Å². The van der Waals surface area contributed by atoms with Crippen molar-refractivity contribution < 1.29 is 23.9 Å². The van der Waals surface area contributed by atoms with Crippen molar-refractivity contribution in [2.24, 2.45) is 35.5 Å². The number of hydrogen-bond donors (Lipinski definition) is 1. The van der Waals surface area contributed by atoms with Crippen LogP contribution in [0.5, 0.6) is 11.5 Å². The summed E-state index contributed by atoms with van der Waals surface area (Å²) in [7, 11) is 3.05. The van der Waals surface area contributed by atoms with Crippen LogP contribution in [0.1, 0.15) is 13.3 Å². The monoisotopic (exact) mass is 396 g/mol. The van der Waals surface area contributed by atoms with E-state index in [0.29, 0.717) is 29.0 Å². The largest absolute Gasteiger partial charge is 0.497 e. The lowest BCUT2D eigenvalue weighted by atomic mass is 9.63. The number of carbonyl (C=O) groups is 3. The number of amides is 3. The molecule has 1 N–H and O–H groups in total. The highest BCUT2D eigenvalue weighted by atomic mass is 16.5. The van der Waals surface area contributed by atoms with Crippen LogP contribution in [0, 0.1) is 35.5 Å². The lowest BCUT2D eigenvalue weighted by molar-refractivity contribution is -0.146. The Kier molecular flexibility index (Phi) is 3.98. The van der Waals surface area contributed by atoms with Gasteiger partial charge in [0.15, 0.2) is 0 Å². The number of carbonyl (C=O) groups excluding carboxylic acids is 3. The Labute approximate surface area is 169 Å². The number of hydrogen-bond acceptors (Lipinski definition) is 5. The highest BCUT2D eigenvalue weighted by molar-refractivity contribution is 6.10. The van der Waals surface area contributed by atoms with E-state index in [1.54, 1.807) is 32.2 Å². The maximum absolute atomic E-state index is 13.2. The predicted octanol–water partition coefficient (Wildman–Crippen LogP) is 2.08. The number of imide groups is 1. The summed E-state index contributed by atoms with van der Waals surface area (Å²) in [5.41, 5.74) is 0.463. The quantitative estimate of drug-likeness (QED) is 0.609. The number of allylic oxidation sites excluding steroid dienone is 2. The van der Waals surface area contributed by atoms with Crippen molar-refractivity contribution in [1.82, 2.24) is 4.90 Å². The van der Waals surface area contributed by atoms with E-state index in [4.69, 9.17) is 9.47 Å². The molecule has 7 heteroatoms. The fourth-order valence-corrected chi connectivity index (χ4v) is 5.62. The maximum atomic E-state index is 13.2. The first-order chi connectivity index (χ1) is 14.0. The molecule has 7 nitrogen and oxygen atoms in total. The molecular weight excluding hydrogens is 372 g/mol. The first-order valence-corrected chi connectivity index (χ1v) is 10.0. The second kappa shape index (κ2) is 6.34. The van der Waals surface area contributed by atoms with Crippen LogP contribution in [0.2, 0.25) is 0 Å². The molecule has 1 aliphatic heterocycles. The van der Waals surface area contributed by atoms with Crippen LogP contribution in [0.4, 0.5) is 5.69 Å². The minimum atomic E-state index is -0.886. The SMILES string of the molecule is COc1ccc(NC(=O)[C@H](C)N2C(=O)[C@@H]3[C@@H]4C=C[C@H]([C@H]5C[C@H]45)[C@@H]3C2=O)c(OC)c1. The number of methoxy groups -OCH3 is 2. The van der Waals surface area contributed by atoms with Crippen LogP contribution < -0.4 is 14.8 Å². The van der Waals surface area contributed by atoms with E-state index in [1.807, 2.05) is 0 Å². The summed E-state index contributed by atoms with van der Waals surface area (Å²) in [6.45, 7) is 1.61. The number of ether oxygens (including phenoxy) is 2. The van der Waals surface area contributed by atoms with Crippen molar-refractivity contribution in [3.05, 3.63) is 30.4 Å². The van der Waals surface area contributed by atoms with E-state index >= 15 is 0 Å². The van der Waals surface area contributed by atoms with Crippen LogP contribution in [0.25, 0.3) is 0 Å². The molecule has 0 spiro atoms. The van der Waals surface area contributed by atoms with Gasteiger partial charge in [-0.25, -0.2) is 0 Å². The first-order valence-electron chi connectivity index (χ1n) is 10.0. The third-order valence-electron chi connectivity index (χ3n) is 7.13. The molecule has 152 valence electrons. The van der Waals surface area contributed by atoms with Gasteiger partial charge in [0.25, 0.3) is 0 Å². The molecule has 3 fully saturated rings. The smallest absolute Gasteiger partial charge is 0.247 e. The number of rotatable bonds is 5. The second-order valence-corrected chi connectivity index (χ2v) is 8.43. The van der Waals surface area contributed by atoms with Gasteiger partial charge in [-0.15, -0.1) is 0 Å². The van der Waals surface area contributed by atoms with Gasteiger partial charge in [-0.3, -0.25) is 19.3 Å². The molecule has 3 amide bonds. The zero-order valence-corrected chi connectivity index (χ0v) is 16.6. The number of likely N-dealkylation sites (tertiary alicyclic amines) is 1. The third-order valence-corrected chi connectivity index (χ3v) is 7.13. The molecule has 1 saturated heterocycles. The summed E-state index contributed by atoms with van der Waals surface area (Å²) in [6, 6.07) is 4.16. The number of benzene rings is 1. The van der Waals surface area contributed by atoms with Gasteiger partial charge in [-0.1, -0.05) is 12.2 Å². The van der Waals surface area contributed by atoms with Crippen molar-refractivity contribution in [2.75, 3.05) is 19.5 Å². The highest BCUT2D eigenvalue weighted by Gasteiger charge is 2.67. The van der Waals surface area contributed by atoms with Gasteiger partial charge < -0.3 is 14.8 Å². The molecule has 1 aromatic rings. The Morgan fingerprint density at radius 2 is 1.69 bits per heavy atom. The predicted molar refractivity (Wildman–Crippen MR) is 104 cm³/mol. The first kappa shape index (κ1) is 18.2. The Balaban J connectivity index is 1.36. The minimum Gasteiger partial charge on any atom is -0.497 e. The highest BCUT2D eigenvalue weighted by Crippen LogP contribution is 2.65. The average Bonchev–Trinajstić information content (AvgIpc) is 3.51. The Morgan fingerprint density at radius 1 is 1.07 bits per heavy atom.